The molecule has 0 amide bonds. The van der Waals surface area contributed by atoms with Gasteiger partial charge >= 0.3 is 0 Å². The molecular formula is C18H19BrN2S2. The summed E-state index contributed by atoms with van der Waals surface area (Å²) >= 11 is 6.82. The summed E-state index contributed by atoms with van der Waals surface area (Å²) in [5.41, 5.74) is 2.36. The molecule has 0 radical (unpaired) electrons. The average molecular weight is 407 g/mol. The number of rotatable bonds is 2. The van der Waals surface area contributed by atoms with Gasteiger partial charge in [-0.25, -0.2) is 4.99 Å². The van der Waals surface area contributed by atoms with Crippen molar-refractivity contribution in [3.63, 3.8) is 0 Å². The lowest BCUT2D eigenvalue weighted by Crippen LogP contribution is -2.26. The lowest BCUT2D eigenvalue weighted by Gasteiger charge is -2.33. The first kappa shape index (κ1) is 16.9. The fourth-order valence-corrected chi connectivity index (χ4v) is 5.55. The van der Waals surface area contributed by atoms with E-state index in [1.807, 2.05) is 18.3 Å². The average Bonchev–Trinajstić information content (AvgIpc) is 3.06. The quantitative estimate of drug-likeness (QED) is 0.535. The molecular weight excluding hydrogens is 388 g/mol. The normalized spacial score (nSPS) is 18.1. The summed E-state index contributed by atoms with van der Waals surface area (Å²) in [5.74, 6) is 0.685. The first-order valence-corrected chi connectivity index (χ1v) is 10.1. The first-order valence-electron chi connectivity index (χ1n) is 7.72. The highest BCUT2D eigenvalue weighted by Crippen LogP contribution is 2.44. The van der Waals surface area contributed by atoms with Gasteiger partial charge in [0.1, 0.15) is 11.1 Å². The minimum atomic E-state index is 0.321. The van der Waals surface area contributed by atoms with Crippen LogP contribution in [0.15, 0.2) is 20.9 Å². The van der Waals surface area contributed by atoms with E-state index in [4.69, 9.17) is 0 Å². The van der Waals surface area contributed by atoms with Crippen LogP contribution in [-0.4, -0.2) is 6.21 Å². The molecule has 0 N–H and O–H groups in total. The molecule has 0 aromatic carbocycles. The first-order chi connectivity index (χ1) is 10.9. The molecule has 120 valence electrons. The predicted molar refractivity (Wildman–Crippen MR) is 103 cm³/mol. The maximum atomic E-state index is 9.57. The van der Waals surface area contributed by atoms with Crippen molar-refractivity contribution < 1.29 is 0 Å². The van der Waals surface area contributed by atoms with E-state index in [9.17, 15) is 5.26 Å². The van der Waals surface area contributed by atoms with E-state index < -0.39 is 0 Å². The summed E-state index contributed by atoms with van der Waals surface area (Å²) in [7, 11) is 0. The van der Waals surface area contributed by atoms with Crippen molar-refractivity contribution in [2.24, 2.45) is 16.3 Å². The SMILES string of the molecule is CC(C)(C)C1CCc2c(sc(N=Cc3ccc(Br)s3)c2C#N)C1. The molecule has 0 spiro atoms. The Hall–Kier alpha value is -0.960. The van der Waals surface area contributed by atoms with Crippen molar-refractivity contribution in [1.29, 1.82) is 5.26 Å². The van der Waals surface area contributed by atoms with Crippen molar-refractivity contribution in [3.8, 4) is 6.07 Å². The van der Waals surface area contributed by atoms with Crippen molar-refractivity contribution in [3.05, 3.63) is 36.8 Å². The van der Waals surface area contributed by atoms with Gasteiger partial charge < -0.3 is 0 Å². The Morgan fingerprint density at radius 3 is 2.74 bits per heavy atom. The molecule has 3 rings (SSSR count). The molecule has 1 aliphatic carbocycles. The second-order valence-corrected chi connectivity index (χ2v) is 10.6. The number of halogens is 1. The van der Waals surface area contributed by atoms with Crippen LogP contribution in [0.1, 0.15) is 48.1 Å². The van der Waals surface area contributed by atoms with Crippen LogP contribution in [-0.2, 0) is 12.8 Å². The maximum Gasteiger partial charge on any atom is 0.134 e. The molecule has 2 nitrogen and oxygen atoms in total. The molecule has 0 fully saturated rings. The zero-order chi connectivity index (χ0) is 16.6. The molecule has 1 aliphatic rings. The number of nitriles is 1. The molecule has 1 atom stereocenters. The topological polar surface area (TPSA) is 36.1 Å². The molecule has 0 saturated heterocycles. The summed E-state index contributed by atoms with van der Waals surface area (Å²) in [6, 6.07) is 6.44. The lowest BCUT2D eigenvalue weighted by atomic mass is 9.72. The van der Waals surface area contributed by atoms with Crippen LogP contribution in [0.5, 0.6) is 0 Å². The van der Waals surface area contributed by atoms with E-state index in [0.29, 0.717) is 11.3 Å². The highest BCUT2D eigenvalue weighted by atomic mass is 79.9. The Morgan fingerprint density at radius 1 is 1.35 bits per heavy atom. The van der Waals surface area contributed by atoms with Gasteiger partial charge in [-0.1, -0.05) is 20.8 Å². The number of hydrogen-bond acceptors (Lipinski definition) is 4. The minimum absolute atomic E-state index is 0.321. The Kier molecular flexibility index (Phi) is 4.78. The molecule has 5 heteroatoms. The summed E-state index contributed by atoms with van der Waals surface area (Å²) in [6.07, 6.45) is 5.13. The highest BCUT2D eigenvalue weighted by Gasteiger charge is 2.32. The molecule has 1 unspecified atom stereocenters. The number of fused-ring (bicyclic) bond motifs is 1. The highest BCUT2D eigenvalue weighted by molar-refractivity contribution is 9.11. The van der Waals surface area contributed by atoms with Gasteiger partial charge in [0.2, 0.25) is 0 Å². The van der Waals surface area contributed by atoms with E-state index in [2.05, 4.69) is 47.8 Å². The monoisotopic (exact) mass is 406 g/mol. The third-order valence-electron chi connectivity index (χ3n) is 4.49. The van der Waals surface area contributed by atoms with Crippen LogP contribution in [0.3, 0.4) is 0 Å². The van der Waals surface area contributed by atoms with E-state index in [1.165, 1.54) is 16.9 Å². The molecule has 2 aromatic rings. The van der Waals surface area contributed by atoms with E-state index in [0.717, 1.165) is 32.1 Å². The van der Waals surface area contributed by atoms with Crippen molar-refractivity contribution in [2.45, 2.75) is 40.0 Å². The molecule has 0 bridgehead atoms. The van der Waals surface area contributed by atoms with Crippen LogP contribution < -0.4 is 0 Å². The van der Waals surface area contributed by atoms with Crippen LogP contribution in [0.4, 0.5) is 5.00 Å². The molecule has 0 aliphatic heterocycles. The van der Waals surface area contributed by atoms with Crippen molar-refractivity contribution in [2.75, 3.05) is 0 Å². The van der Waals surface area contributed by atoms with E-state index in [1.54, 1.807) is 22.7 Å². The zero-order valence-electron chi connectivity index (χ0n) is 13.5. The van der Waals surface area contributed by atoms with Gasteiger partial charge in [-0.05, 0) is 64.2 Å². The summed E-state index contributed by atoms with van der Waals surface area (Å²) in [6.45, 7) is 6.94. The van der Waals surface area contributed by atoms with Gasteiger partial charge in [0, 0.05) is 16.0 Å². The van der Waals surface area contributed by atoms with Crippen molar-refractivity contribution in [1.82, 2.24) is 0 Å². The van der Waals surface area contributed by atoms with Crippen LogP contribution in [0, 0.1) is 22.7 Å². The molecule has 23 heavy (non-hydrogen) atoms. The lowest BCUT2D eigenvalue weighted by molar-refractivity contribution is 0.218. The van der Waals surface area contributed by atoms with Gasteiger partial charge in [0.25, 0.3) is 0 Å². The number of aliphatic imine (C=N–C) groups is 1. The second-order valence-electron chi connectivity index (χ2n) is 7.00. The smallest absolute Gasteiger partial charge is 0.134 e. The third kappa shape index (κ3) is 3.60. The summed E-state index contributed by atoms with van der Waals surface area (Å²) in [4.78, 5) is 7.08. The van der Waals surface area contributed by atoms with Gasteiger partial charge in [0.05, 0.1) is 9.35 Å². The number of nitrogens with zero attached hydrogens (tertiary/aromatic N) is 2. The Bertz CT molecular complexity index is 787. The fourth-order valence-electron chi connectivity index (χ4n) is 3.04. The van der Waals surface area contributed by atoms with E-state index in [-0.39, 0.29) is 0 Å². The van der Waals surface area contributed by atoms with Crippen LogP contribution >= 0.6 is 38.6 Å². The predicted octanol–water partition coefficient (Wildman–Crippen LogP) is 6.35. The number of hydrogen-bond donors (Lipinski definition) is 0. The standard InChI is InChI=1S/C18H19BrN2S2/c1-18(2,3)11-4-6-13-14(9-20)17(23-15(13)8-11)21-10-12-5-7-16(19)22-12/h5,7,10-11H,4,6,8H2,1-3H3. The van der Waals surface area contributed by atoms with Crippen molar-refractivity contribution >= 4 is 49.8 Å². The molecule has 2 aromatic heterocycles. The largest absolute Gasteiger partial charge is 0.243 e. The Balaban J connectivity index is 1.90. The summed E-state index contributed by atoms with van der Waals surface area (Å²) < 4.78 is 1.10. The van der Waals surface area contributed by atoms with Gasteiger partial charge in [-0.2, -0.15) is 5.26 Å². The zero-order valence-corrected chi connectivity index (χ0v) is 16.7. The maximum absolute atomic E-state index is 9.57. The van der Waals surface area contributed by atoms with Crippen LogP contribution in [0.2, 0.25) is 0 Å². The molecule has 0 saturated carbocycles. The second kappa shape index (κ2) is 6.51. The summed E-state index contributed by atoms with van der Waals surface area (Å²) in [5, 5.41) is 10.4. The van der Waals surface area contributed by atoms with Gasteiger partial charge in [-0.15, -0.1) is 22.7 Å². The number of thiophene rings is 2. The van der Waals surface area contributed by atoms with Crippen LogP contribution in [0.25, 0.3) is 0 Å². The fraction of sp³-hybridized carbons (Fsp3) is 0.444. The van der Waals surface area contributed by atoms with E-state index >= 15 is 0 Å². The Morgan fingerprint density at radius 2 is 2.13 bits per heavy atom. The third-order valence-corrected chi connectivity index (χ3v) is 7.21. The Labute approximate surface area is 154 Å². The van der Waals surface area contributed by atoms with Gasteiger partial charge in [-0.3, -0.25) is 0 Å². The minimum Gasteiger partial charge on any atom is -0.243 e. The molecule has 2 heterocycles. The van der Waals surface area contributed by atoms with Gasteiger partial charge in [0.15, 0.2) is 0 Å².